The number of rotatable bonds is 3. The quantitative estimate of drug-likeness (QED) is 0.946. The molecule has 0 radical (unpaired) electrons. The summed E-state index contributed by atoms with van der Waals surface area (Å²) in [5.41, 5.74) is 3.62. The van der Waals surface area contributed by atoms with E-state index in [0.717, 1.165) is 29.9 Å². The van der Waals surface area contributed by atoms with E-state index >= 15 is 0 Å². The molecule has 4 rings (SSSR count). The van der Waals surface area contributed by atoms with Gasteiger partial charge in [0, 0.05) is 12.5 Å². The molecule has 4 heteroatoms. The van der Waals surface area contributed by atoms with Crippen LogP contribution in [0.1, 0.15) is 16.7 Å². The van der Waals surface area contributed by atoms with Crippen LogP contribution in [0, 0.1) is 5.92 Å². The molecule has 0 aromatic heterocycles. The lowest BCUT2D eigenvalue weighted by Gasteiger charge is -2.10. The third-order valence-electron chi connectivity index (χ3n) is 4.33. The normalized spacial score (nSPS) is 15.6. The van der Waals surface area contributed by atoms with Crippen LogP contribution in [-0.2, 0) is 24.2 Å². The molecule has 1 amide bonds. The molecule has 22 heavy (non-hydrogen) atoms. The number of amides is 1. The van der Waals surface area contributed by atoms with Crippen molar-refractivity contribution in [2.24, 2.45) is 5.92 Å². The van der Waals surface area contributed by atoms with E-state index in [0.29, 0.717) is 6.54 Å². The van der Waals surface area contributed by atoms with Gasteiger partial charge >= 0.3 is 0 Å². The summed E-state index contributed by atoms with van der Waals surface area (Å²) in [5.74, 6) is 1.68. The van der Waals surface area contributed by atoms with Gasteiger partial charge in [-0.15, -0.1) is 0 Å². The predicted molar refractivity (Wildman–Crippen MR) is 81.8 cm³/mol. The summed E-state index contributed by atoms with van der Waals surface area (Å²) in [5, 5.41) is 3.03. The number of fused-ring (bicyclic) bond motifs is 2. The Morgan fingerprint density at radius 3 is 2.55 bits per heavy atom. The largest absolute Gasteiger partial charge is 0.454 e. The minimum atomic E-state index is 0.0476. The number of hydrogen-bond acceptors (Lipinski definition) is 3. The zero-order chi connectivity index (χ0) is 14.9. The lowest BCUT2D eigenvalue weighted by molar-refractivity contribution is -0.124. The van der Waals surface area contributed by atoms with Crippen molar-refractivity contribution < 1.29 is 14.3 Å². The van der Waals surface area contributed by atoms with Gasteiger partial charge in [0.1, 0.15) is 0 Å². The first-order chi connectivity index (χ1) is 10.8. The van der Waals surface area contributed by atoms with Crippen molar-refractivity contribution in [3.05, 3.63) is 59.2 Å². The molecule has 0 atom stereocenters. The van der Waals surface area contributed by atoms with Gasteiger partial charge in [-0.05, 0) is 41.7 Å². The van der Waals surface area contributed by atoms with Crippen molar-refractivity contribution in [1.82, 2.24) is 5.32 Å². The van der Waals surface area contributed by atoms with Crippen LogP contribution in [0.15, 0.2) is 42.5 Å². The van der Waals surface area contributed by atoms with Crippen molar-refractivity contribution in [3.63, 3.8) is 0 Å². The van der Waals surface area contributed by atoms with Crippen LogP contribution in [0.5, 0.6) is 11.5 Å². The molecule has 1 aliphatic heterocycles. The molecule has 1 N–H and O–H groups in total. The van der Waals surface area contributed by atoms with E-state index < -0.39 is 0 Å². The number of ether oxygens (including phenoxy) is 2. The van der Waals surface area contributed by atoms with Crippen LogP contribution in [0.25, 0.3) is 0 Å². The molecule has 0 unspecified atom stereocenters. The second-order valence-corrected chi connectivity index (χ2v) is 5.78. The predicted octanol–water partition coefficient (Wildman–Crippen LogP) is 2.45. The van der Waals surface area contributed by atoms with Gasteiger partial charge in [0.25, 0.3) is 0 Å². The highest BCUT2D eigenvalue weighted by atomic mass is 16.7. The number of nitrogens with one attached hydrogen (secondary N) is 1. The van der Waals surface area contributed by atoms with Crippen molar-refractivity contribution in [2.45, 2.75) is 19.4 Å². The third kappa shape index (κ3) is 2.41. The molecular formula is C18H17NO3. The standard InChI is InChI=1S/C18H17NO3/c20-18(15-8-13-3-1-2-4-14(13)9-15)19-10-12-5-6-16-17(7-12)22-11-21-16/h1-7,15H,8-11H2,(H,19,20). The molecule has 1 aliphatic carbocycles. The van der Waals surface area contributed by atoms with Gasteiger partial charge in [0.15, 0.2) is 11.5 Å². The van der Waals surface area contributed by atoms with E-state index in [4.69, 9.17) is 9.47 Å². The minimum Gasteiger partial charge on any atom is -0.454 e. The van der Waals surface area contributed by atoms with E-state index in [1.165, 1.54) is 11.1 Å². The Balaban J connectivity index is 1.37. The van der Waals surface area contributed by atoms with E-state index in [1.54, 1.807) is 0 Å². The average molecular weight is 295 g/mol. The fourth-order valence-electron chi connectivity index (χ4n) is 3.13. The fourth-order valence-corrected chi connectivity index (χ4v) is 3.13. The maximum atomic E-state index is 12.4. The number of benzene rings is 2. The molecule has 2 aliphatic rings. The Labute approximate surface area is 129 Å². The fraction of sp³-hybridized carbons (Fsp3) is 0.278. The Morgan fingerprint density at radius 1 is 1.05 bits per heavy atom. The average Bonchev–Trinajstić information content (AvgIpc) is 3.18. The molecule has 0 saturated carbocycles. The van der Waals surface area contributed by atoms with Crippen LogP contribution in [-0.4, -0.2) is 12.7 Å². The third-order valence-corrected chi connectivity index (χ3v) is 4.33. The number of carbonyl (C=O) groups is 1. The molecular weight excluding hydrogens is 278 g/mol. The first-order valence-corrected chi connectivity index (χ1v) is 7.52. The second-order valence-electron chi connectivity index (χ2n) is 5.78. The molecule has 2 aromatic rings. The highest BCUT2D eigenvalue weighted by molar-refractivity contribution is 5.80. The summed E-state index contributed by atoms with van der Waals surface area (Å²) in [6.07, 6.45) is 1.67. The van der Waals surface area contributed by atoms with Gasteiger partial charge in [-0.25, -0.2) is 0 Å². The summed E-state index contributed by atoms with van der Waals surface area (Å²) < 4.78 is 10.6. The molecule has 4 nitrogen and oxygen atoms in total. The van der Waals surface area contributed by atoms with E-state index in [9.17, 15) is 4.79 Å². The molecule has 112 valence electrons. The lowest BCUT2D eigenvalue weighted by atomic mass is 10.1. The van der Waals surface area contributed by atoms with Gasteiger partial charge in [0.05, 0.1) is 0 Å². The highest BCUT2D eigenvalue weighted by Crippen LogP contribution is 2.32. The zero-order valence-electron chi connectivity index (χ0n) is 12.2. The minimum absolute atomic E-state index is 0.0476. The Bertz CT molecular complexity index is 701. The molecule has 0 saturated heterocycles. The maximum absolute atomic E-state index is 12.4. The second kappa shape index (κ2) is 5.37. The van der Waals surface area contributed by atoms with Crippen molar-refractivity contribution >= 4 is 5.91 Å². The Kier molecular flexibility index (Phi) is 3.22. The first-order valence-electron chi connectivity index (χ1n) is 7.52. The van der Waals surface area contributed by atoms with Crippen molar-refractivity contribution in [3.8, 4) is 11.5 Å². The van der Waals surface area contributed by atoms with Gasteiger partial charge in [-0.2, -0.15) is 0 Å². The summed E-state index contributed by atoms with van der Waals surface area (Å²) in [6, 6.07) is 14.1. The van der Waals surface area contributed by atoms with Crippen LogP contribution < -0.4 is 14.8 Å². The first kappa shape index (κ1) is 13.2. The van der Waals surface area contributed by atoms with Gasteiger partial charge in [0.2, 0.25) is 12.7 Å². The van der Waals surface area contributed by atoms with E-state index in [-0.39, 0.29) is 18.6 Å². The maximum Gasteiger partial charge on any atom is 0.231 e. The van der Waals surface area contributed by atoms with Gasteiger partial charge in [-0.1, -0.05) is 30.3 Å². The van der Waals surface area contributed by atoms with Crippen LogP contribution in [0.4, 0.5) is 0 Å². The summed E-state index contributed by atoms with van der Waals surface area (Å²) >= 11 is 0. The molecule has 2 aromatic carbocycles. The SMILES string of the molecule is O=C(NCc1ccc2c(c1)OCO2)C1Cc2ccccc2C1. The van der Waals surface area contributed by atoms with Crippen molar-refractivity contribution in [2.75, 3.05) is 6.79 Å². The molecule has 0 fully saturated rings. The summed E-state index contributed by atoms with van der Waals surface area (Å²) in [6.45, 7) is 0.786. The monoisotopic (exact) mass is 295 g/mol. The van der Waals surface area contributed by atoms with E-state index in [1.807, 2.05) is 30.3 Å². The number of carbonyl (C=O) groups excluding carboxylic acids is 1. The van der Waals surface area contributed by atoms with Gasteiger partial charge < -0.3 is 14.8 Å². The van der Waals surface area contributed by atoms with Crippen LogP contribution >= 0.6 is 0 Å². The molecule has 0 bridgehead atoms. The topological polar surface area (TPSA) is 47.6 Å². The Hall–Kier alpha value is -2.49. The molecule has 1 heterocycles. The molecule has 0 spiro atoms. The van der Waals surface area contributed by atoms with Gasteiger partial charge in [-0.3, -0.25) is 4.79 Å². The number of hydrogen-bond donors (Lipinski definition) is 1. The summed E-state index contributed by atoms with van der Waals surface area (Å²) in [4.78, 5) is 12.4. The van der Waals surface area contributed by atoms with E-state index in [2.05, 4.69) is 17.4 Å². The Morgan fingerprint density at radius 2 is 1.77 bits per heavy atom. The van der Waals surface area contributed by atoms with Crippen molar-refractivity contribution in [1.29, 1.82) is 0 Å². The smallest absolute Gasteiger partial charge is 0.231 e. The summed E-state index contributed by atoms with van der Waals surface area (Å²) in [7, 11) is 0. The van der Waals surface area contributed by atoms with Crippen LogP contribution in [0.3, 0.4) is 0 Å². The zero-order valence-corrected chi connectivity index (χ0v) is 12.2. The lowest BCUT2D eigenvalue weighted by Crippen LogP contribution is -2.30. The van der Waals surface area contributed by atoms with Crippen LogP contribution in [0.2, 0.25) is 0 Å². The highest BCUT2D eigenvalue weighted by Gasteiger charge is 2.26.